The van der Waals surface area contributed by atoms with Crippen molar-refractivity contribution in [2.24, 2.45) is 0 Å². The van der Waals surface area contributed by atoms with E-state index in [4.69, 9.17) is 14.0 Å². The Morgan fingerprint density at radius 2 is 2.15 bits per heavy atom. The highest BCUT2D eigenvalue weighted by Crippen LogP contribution is 2.32. The maximum Gasteiger partial charge on any atom is 0.261 e. The molecule has 108 valence electrons. The number of benzene rings is 1. The van der Waals surface area contributed by atoms with E-state index in [2.05, 4.69) is 10.1 Å². The van der Waals surface area contributed by atoms with Gasteiger partial charge in [0.15, 0.2) is 0 Å². The molecule has 6 heteroatoms. The van der Waals surface area contributed by atoms with E-state index in [9.17, 15) is 5.11 Å². The Bertz CT molecular complexity index is 568. The summed E-state index contributed by atoms with van der Waals surface area (Å²) in [6.07, 6.45) is 0.543. The standard InChI is InChI=1S/C14H18N2O4/c1-4-12(19-5-2)13-15-14(20-16-13)10-8-9(18-3)6-7-11(10)17/h6-8,12,17H,4-5H2,1-3H3. The van der Waals surface area contributed by atoms with Gasteiger partial charge in [0, 0.05) is 6.61 Å². The lowest BCUT2D eigenvalue weighted by atomic mass is 10.2. The molecule has 0 saturated carbocycles. The minimum atomic E-state index is -0.203. The molecule has 1 heterocycles. The van der Waals surface area contributed by atoms with E-state index in [0.29, 0.717) is 23.7 Å². The van der Waals surface area contributed by atoms with Gasteiger partial charge in [0.05, 0.1) is 12.7 Å². The van der Waals surface area contributed by atoms with Crippen LogP contribution in [-0.2, 0) is 4.74 Å². The number of ether oxygens (including phenoxy) is 2. The summed E-state index contributed by atoms with van der Waals surface area (Å²) in [7, 11) is 1.55. The zero-order valence-electron chi connectivity index (χ0n) is 11.8. The van der Waals surface area contributed by atoms with Crippen LogP contribution in [-0.4, -0.2) is 29.0 Å². The predicted molar refractivity (Wildman–Crippen MR) is 72.6 cm³/mol. The molecule has 1 atom stereocenters. The zero-order chi connectivity index (χ0) is 14.5. The maximum absolute atomic E-state index is 9.88. The highest BCUT2D eigenvalue weighted by atomic mass is 16.5. The van der Waals surface area contributed by atoms with Crippen LogP contribution in [0.1, 0.15) is 32.2 Å². The second-order valence-electron chi connectivity index (χ2n) is 4.19. The summed E-state index contributed by atoms with van der Waals surface area (Å²) < 4.78 is 15.9. The number of aromatic nitrogens is 2. The molecule has 6 nitrogen and oxygen atoms in total. The van der Waals surface area contributed by atoms with Gasteiger partial charge in [-0.15, -0.1) is 0 Å². The zero-order valence-corrected chi connectivity index (χ0v) is 11.8. The van der Waals surface area contributed by atoms with Crippen LogP contribution in [0, 0.1) is 0 Å². The Morgan fingerprint density at radius 3 is 2.80 bits per heavy atom. The van der Waals surface area contributed by atoms with Gasteiger partial charge in [0.2, 0.25) is 5.82 Å². The van der Waals surface area contributed by atoms with Crippen molar-refractivity contribution in [3.63, 3.8) is 0 Å². The van der Waals surface area contributed by atoms with Gasteiger partial charge in [-0.3, -0.25) is 0 Å². The van der Waals surface area contributed by atoms with Crippen LogP contribution in [0.5, 0.6) is 11.5 Å². The fourth-order valence-corrected chi connectivity index (χ4v) is 1.86. The van der Waals surface area contributed by atoms with Crippen molar-refractivity contribution in [3.8, 4) is 23.0 Å². The first-order chi connectivity index (χ1) is 9.69. The van der Waals surface area contributed by atoms with Gasteiger partial charge >= 0.3 is 0 Å². The Hall–Kier alpha value is -2.08. The van der Waals surface area contributed by atoms with E-state index in [1.807, 2.05) is 13.8 Å². The number of hydrogen-bond donors (Lipinski definition) is 1. The van der Waals surface area contributed by atoms with Crippen molar-refractivity contribution in [1.82, 2.24) is 10.1 Å². The predicted octanol–water partition coefficient (Wildman–Crippen LogP) is 2.94. The Kier molecular flexibility index (Phi) is 4.57. The van der Waals surface area contributed by atoms with E-state index in [1.54, 1.807) is 19.2 Å². The first-order valence-corrected chi connectivity index (χ1v) is 6.52. The summed E-state index contributed by atoms with van der Waals surface area (Å²) in [5.74, 6) is 1.39. The summed E-state index contributed by atoms with van der Waals surface area (Å²) >= 11 is 0. The number of hydrogen-bond acceptors (Lipinski definition) is 6. The lowest BCUT2D eigenvalue weighted by molar-refractivity contribution is 0.0518. The van der Waals surface area contributed by atoms with Crippen molar-refractivity contribution in [1.29, 1.82) is 0 Å². The first-order valence-electron chi connectivity index (χ1n) is 6.52. The molecular formula is C14H18N2O4. The lowest BCUT2D eigenvalue weighted by Gasteiger charge is -2.09. The van der Waals surface area contributed by atoms with Gasteiger partial charge in [-0.25, -0.2) is 0 Å². The Labute approximate surface area is 117 Å². The van der Waals surface area contributed by atoms with Gasteiger partial charge in [-0.05, 0) is 31.5 Å². The van der Waals surface area contributed by atoms with Gasteiger partial charge in [0.1, 0.15) is 17.6 Å². The number of methoxy groups -OCH3 is 1. The molecule has 0 spiro atoms. The minimum absolute atomic E-state index is 0.0606. The van der Waals surface area contributed by atoms with Crippen LogP contribution in [0.4, 0.5) is 0 Å². The Morgan fingerprint density at radius 1 is 1.35 bits per heavy atom. The molecule has 1 unspecified atom stereocenters. The van der Waals surface area contributed by atoms with E-state index in [0.717, 1.165) is 6.42 Å². The van der Waals surface area contributed by atoms with Crippen molar-refractivity contribution in [2.45, 2.75) is 26.4 Å². The highest BCUT2D eigenvalue weighted by Gasteiger charge is 2.19. The molecule has 0 fully saturated rings. The van der Waals surface area contributed by atoms with Crippen molar-refractivity contribution >= 4 is 0 Å². The molecule has 2 rings (SSSR count). The van der Waals surface area contributed by atoms with Crippen LogP contribution in [0.3, 0.4) is 0 Å². The number of rotatable bonds is 6. The van der Waals surface area contributed by atoms with Crippen molar-refractivity contribution < 1.29 is 19.1 Å². The van der Waals surface area contributed by atoms with Crippen LogP contribution < -0.4 is 4.74 Å². The summed E-state index contributed by atoms with van der Waals surface area (Å²) in [4.78, 5) is 4.29. The topological polar surface area (TPSA) is 77.6 Å². The van der Waals surface area contributed by atoms with Gasteiger partial charge in [-0.1, -0.05) is 12.1 Å². The molecule has 0 amide bonds. The number of phenolic OH excluding ortho intramolecular Hbond substituents is 1. The molecule has 1 aromatic heterocycles. The van der Waals surface area contributed by atoms with Crippen LogP contribution in [0.2, 0.25) is 0 Å². The quantitative estimate of drug-likeness (QED) is 0.875. The summed E-state index contributed by atoms with van der Waals surface area (Å²) in [6.45, 7) is 4.48. The maximum atomic E-state index is 9.88. The molecular weight excluding hydrogens is 260 g/mol. The third-order valence-corrected chi connectivity index (χ3v) is 2.90. The molecule has 1 N–H and O–H groups in total. The third kappa shape index (κ3) is 2.91. The van der Waals surface area contributed by atoms with Crippen molar-refractivity contribution in [3.05, 3.63) is 24.0 Å². The van der Waals surface area contributed by atoms with E-state index in [-0.39, 0.29) is 17.7 Å². The summed E-state index contributed by atoms with van der Waals surface area (Å²) in [5, 5.41) is 13.8. The van der Waals surface area contributed by atoms with Crippen LogP contribution >= 0.6 is 0 Å². The molecule has 0 aliphatic carbocycles. The third-order valence-electron chi connectivity index (χ3n) is 2.90. The SMILES string of the molecule is CCOC(CC)c1noc(-c2cc(OC)ccc2O)n1. The average Bonchev–Trinajstić information content (AvgIpc) is 2.94. The summed E-state index contributed by atoms with van der Waals surface area (Å²) in [6, 6.07) is 4.83. The van der Waals surface area contributed by atoms with Crippen LogP contribution in [0.25, 0.3) is 11.5 Å². The van der Waals surface area contributed by atoms with E-state index in [1.165, 1.54) is 6.07 Å². The minimum Gasteiger partial charge on any atom is -0.507 e. The molecule has 0 aliphatic heterocycles. The lowest BCUT2D eigenvalue weighted by Crippen LogP contribution is -2.04. The molecule has 20 heavy (non-hydrogen) atoms. The Balaban J connectivity index is 2.32. The highest BCUT2D eigenvalue weighted by molar-refractivity contribution is 5.64. The molecule has 0 aliphatic rings. The van der Waals surface area contributed by atoms with Crippen LogP contribution in [0.15, 0.2) is 22.7 Å². The molecule has 2 aromatic rings. The van der Waals surface area contributed by atoms with E-state index >= 15 is 0 Å². The number of nitrogens with zero attached hydrogens (tertiary/aromatic N) is 2. The van der Waals surface area contributed by atoms with Gasteiger partial charge < -0.3 is 19.1 Å². The molecule has 0 radical (unpaired) electrons. The molecule has 0 saturated heterocycles. The summed E-state index contributed by atoms with van der Waals surface area (Å²) in [5.41, 5.74) is 0.439. The second-order valence-corrected chi connectivity index (χ2v) is 4.19. The normalized spacial score (nSPS) is 12.3. The van der Waals surface area contributed by atoms with Gasteiger partial charge in [0.25, 0.3) is 5.89 Å². The fraction of sp³-hybridized carbons (Fsp3) is 0.429. The van der Waals surface area contributed by atoms with E-state index < -0.39 is 0 Å². The fourth-order valence-electron chi connectivity index (χ4n) is 1.86. The molecule has 0 bridgehead atoms. The van der Waals surface area contributed by atoms with Crippen molar-refractivity contribution in [2.75, 3.05) is 13.7 Å². The van der Waals surface area contributed by atoms with Gasteiger partial charge in [-0.2, -0.15) is 4.98 Å². The first kappa shape index (κ1) is 14.3. The monoisotopic (exact) mass is 278 g/mol. The smallest absolute Gasteiger partial charge is 0.261 e. The number of aromatic hydroxyl groups is 1. The average molecular weight is 278 g/mol. The number of phenols is 1. The largest absolute Gasteiger partial charge is 0.507 e. The second kappa shape index (κ2) is 6.38. The molecule has 1 aromatic carbocycles.